The van der Waals surface area contributed by atoms with Crippen LogP contribution in [0.4, 0.5) is 0 Å². The lowest BCUT2D eigenvalue weighted by atomic mass is 9.81. The first-order valence-corrected chi connectivity index (χ1v) is 8.86. The minimum atomic E-state index is 0. The van der Waals surface area contributed by atoms with Gasteiger partial charge in [-0.1, -0.05) is 36.2 Å². The second-order valence-corrected chi connectivity index (χ2v) is 7.16. The summed E-state index contributed by atoms with van der Waals surface area (Å²) in [5.41, 5.74) is 1.35. The molecule has 1 aromatic carbocycles. The van der Waals surface area contributed by atoms with Crippen molar-refractivity contribution in [2.24, 2.45) is 5.92 Å². The normalized spacial score (nSPS) is 17.6. The molecule has 1 aromatic rings. The molecular weight excluding hydrogens is 333 g/mol. The molecule has 114 valence electrons. The van der Waals surface area contributed by atoms with Crippen molar-refractivity contribution in [2.75, 3.05) is 24.6 Å². The monoisotopic (exact) mass is 353 g/mol. The Labute approximate surface area is 142 Å². The van der Waals surface area contributed by atoms with Gasteiger partial charge in [0.05, 0.1) is 10.0 Å². The van der Waals surface area contributed by atoms with Crippen molar-refractivity contribution in [3.8, 4) is 0 Å². The molecule has 5 heteroatoms. The molecule has 1 aliphatic heterocycles. The fourth-order valence-electron chi connectivity index (χ4n) is 2.74. The smallest absolute Gasteiger partial charge is 0.0595 e. The van der Waals surface area contributed by atoms with Crippen molar-refractivity contribution >= 4 is 47.4 Å². The molecule has 0 aliphatic carbocycles. The molecule has 20 heavy (non-hydrogen) atoms. The van der Waals surface area contributed by atoms with E-state index in [4.69, 9.17) is 23.2 Å². The Bertz CT molecular complexity index is 408. The SMILES string of the molecule is CCSCC(c1ccc(Cl)c(Cl)c1)C1CCNCC1.Cl. The zero-order chi connectivity index (χ0) is 13.7. The molecule has 1 fully saturated rings. The fourth-order valence-corrected chi connectivity index (χ4v) is 4.00. The van der Waals surface area contributed by atoms with Crippen molar-refractivity contribution in [1.82, 2.24) is 5.32 Å². The zero-order valence-corrected chi connectivity index (χ0v) is 14.8. The van der Waals surface area contributed by atoms with Crippen LogP contribution in [0.2, 0.25) is 10.0 Å². The maximum atomic E-state index is 6.18. The van der Waals surface area contributed by atoms with Crippen LogP contribution in [-0.4, -0.2) is 24.6 Å². The average molecular weight is 355 g/mol. The minimum Gasteiger partial charge on any atom is -0.317 e. The number of thioether (sulfide) groups is 1. The summed E-state index contributed by atoms with van der Waals surface area (Å²) in [6.45, 7) is 4.50. The number of piperidine rings is 1. The first-order chi connectivity index (χ1) is 9.22. The van der Waals surface area contributed by atoms with Gasteiger partial charge in [0, 0.05) is 5.75 Å². The van der Waals surface area contributed by atoms with E-state index in [0.717, 1.165) is 19.0 Å². The summed E-state index contributed by atoms with van der Waals surface area (Å²) in [5.74, 6) is 3.71. The number of halogens is 3. The van der Waals surface area contributed by atoms with E-state index in [0.29, 0.717) is 16.0 Å². The molecule has 0 amide bonds. The number of hydrogen-bond acceptors (Lipinski definition) is 2. The van der Waals surface area contributed by atoms with Gasteiger partial charge in [0.25, 0.3) is 0 Å². The largest absolute Gasteiger partial charge is 0.317 e. The van der Waals surface area contributed by atoms with Crippen LogP contribution in [0, 0.1) is 5.92 Å². The van der Waals surface area contributed by atoms with Gasteiger partial charge in [0.15, 0.2) is 0 Å². The van der Waals surface area contributed by atoms with Crippen molar-refractivity contribution < 1.29 is 0 Å². The molecule has 1 nitrogen and oxygen atoms in total. The van der Waals surface area contributed by atoms with Gasteiger partial charge in [-0.25, -0.2) is 0 Å². The standard InChI is InChI=1S/C15H21Cl2NS.ClH/c1-2-19-10-13(11-5-7-18-8-6-11)12-3-4-14(16)15(17)9-12;/h3-4,9,11,13,18H,2,5-8,10H2,1H3;1H. The summed E-state index contributed by atoms with van der Waals surface area (Å²) in [6.07, 6.45) is 2.52. The van der Waals surface area contributed by atoms with E-state index in [1.54, 1.807) is 0 Å². The van der Waals surface area contributed by atoms with E-state index < -0.39 is 0 Å². The molecule has 1 saturated heterocycles. The molecule has 0 radical (unpaired) electrons. The van der Waals surface area contributed by atoms with Gasteiger partial charge < -0.3 is 5.32 Å². The average Bonchev–Trinajstić information content (AvgIpc) is 2.44. The highest BCUT2D eigenvalue weighted by atomic mass is 35.5. The summed E-state index contributed by atoms with van der Waals surface area (Å²) >= 11 is 14.2. The van der Waals surface area contributed by atoms with E-state index in [2.05, 4.69) is 24.4 Å². The number of rotatable bonds is 5. The second kappa shape index (κ2) is 9.42. The highest BCUT2D eigenvalue weighted by Gasteiger charge is 2.25. The quantitative estimate of drug-likeness (QED) is 0.775. The molecule has 0 bridgehead atoms. The number of hydrogen-bond donors (Lipinski definition) is 1. The molecular formula is C15H22Cl3NS. The van der Waals surface area contributed by atoms with Gasteiger partial charge in [-0.15, -0.1) is 12.4 Å². The Morgan fingerprint density at radius 2 is 1.95 bits per heavy atom. The predicted octanol–water partition coefficient (Wildman–Crippen LogP) is 5.25. The Balaban J connectivity index is 0.00000200. The van der Waals surface area contributed by atoms with Crippen molar-refractivity contribution in [1.29, 1.82) is 0 Å². The van der Waals surface area contributed by atoms with Crippen LogP contribution in [-0.2, 0) is 0 Å². The van der Waals surface area contributed by atoms with Crippen molar-refractivity contribution in [2.45, 2.75) is 25.7 Å². The lowest BCUT2D eigenvalue weighted by Crippen LogP contribution is -2.31. The summed E-state index contributed by atoms with van der Waals surface area (Å²) in [5, 5.41) is 4.77. The lowest BCUT2D eigenvalue weighted by molar-refractivity contribution is 0.333. The van der Waals surface area contributed by atoms with Gasteiger partial charge in [0.2, 0.25) is 0 Å². The van der Waals surface area contributed by atoms with Crippen LogP contribution in [0.25, 0.3) is 0 Å². The van der Waals surface area contributed by atoms with Gasteiger partial charge in [-0.05, 0) is 61.2 Å². The number of benzene rings is 1. The predicted molar refractivity (Wildman–Crippen MR) is 95.0 cm³/mol. The lowest BCUT2D eigenvalue weighted by Gasteiger charge is -2.31. The second-order valence-electron chi connectivity index (χ2n) is 5.03. The van der Waals surface area contributed by atoms with Crippen molar-refractivity contribution in [3.05, 3.63) is 33.8 Å². The topological polar surface area (TPSA) is 12.0 Å². The summed E-state index contributed by atoms with van der Waals surface area (Å²) in [7, 11) is 0. The maximum Gasteiger partial charge on any atom is 0.0595 e. The molecule has 2 rings (SSSR count). The Kier molecular flexibility index (Phi) is 8.69. The molecule has 0 spiro atoms. The summed E-state index contributed by atoms with van der Waals surface area (Å²) in [6, 6.07) is 6.15. The van der Waals surface area contributed by atoms with Crippen LogP contribution in [0.5, 0.6) is 0 Å². The molecule has 1 unspecified atom stereocenters. The Morgan fingerprint density at radius 1 is 1.25 bits per heavy atom. The third-order valence-electron chi connectivity index (χ3n) is 3.83. The van der Waals surface area contributed by atoms with Gasteiger partial charge >= 0.3 is 0 Å². The van der Waals surface area contributed by atoms with Gasteiger partial charge in [-0.2, -0.15) is 11.8 Å². The van der Waals surface area contributed by atoms with Crippen LogP contribution in [0.1, 0.15) is 31.2 Å². The van der Waals surface area contributed by atoms with Crippen LogP contribution >= 0.6 is 47.4 Å². The van der Waals surface area contributed by atoms with E-state index in [9.17, 15) is 0 Å². The van der Waals surface area contributed by atoms with E-state index in [1.165, 1.54) is 29.9 Å². The van der Waals surface area contributed by atoms with Crippen molar-refractivity contribution in [3.63, 3.8) is 0 Å². The fraction of sp³-hybridized carbons (Fsp3) is 0.600. The number of nitrogens with one attached hydrogen (secondary N) is 1. The van der Waals surface area contributed by atoms with E-state index in [-0.39, 0.29) is 12.4 Å². The highest BCUT2D eigenvalue weighted by molar-refractivity contribution is 7.99. The third-order valence-corrected chi connectivity index (χ3v) is 5.57. The third kappa shape index (κ3) is 4.99. The first kappa shape index (κ1) is 18.4. The van der Waals surface area contributed by atoms with Gasteiger partial charge in [-0.3, -0.25) is 0 Å². The Hall–Kier alpha value is 0.400. The van der Waals surface area contributed by atoms with E-state index >= 15 is 0 Å². The summed E-state index contributed by atoms with van der Waals surface area (Å²) < 4.78 is 0. The zero-order valence-electron chi connectivity index (χ0n) is 11.7. The highest BCUT2D eigenvalue weighted by Crippen LogP contribution is 2.36. The molecule has 0 saturated carbocycles. The molecule has 0 aromatic heterocycles. The molecule has 1 N–H and O–H groups in total. The molecule has 1 aliphatic rings. The van der Waals surface area contributed by atoms with Gasteiger partial charge in [0.1, 0.15) is 0 Å². The van der Waals surface area contributed by atoms with Crippen LogP contribution in [0.15, 0.2) is 18.2 Å². The van der Waals surface area contributed by atoms with Crippen LogP contribution < -0.4 is 5.32 Å². The van der Waals surface area contributed by atoms with Crippen LogP contribution in [0.3, 0.4) is 0 Å². The maximum absolute atomic E-state index is 6.18. The van der Waals surface area contributed by atoms with E-state index in [1.807, 2.05) is 17.8 Å². The first-order valence-electron chi connectivity index (χ1n) is 6.95. The molecule has 1 atom stereocenters. The summed E-state index contributed by atoms with van der Waals surface area (Å²) in [4.78, 5) is 0. The minimum absolute atomic E-state index is 0. The Morgan fingerprint density at radius 3 is 2.55 bits per heavy atom. The molecule has 1 heterocycles.